The molecule has 5 heteroatoms. The highest BCUT2D eigenvalue weighted by Gasteiger charge is 2.23. The van der Waals surface area contributed by atoms with Crippen LogP contribution >= 0.6 is 11.8 Å². The van der Waals surface area contributed by atoms with Crippen molar-refractivity contribution in [2.45, 2.75) is 43.4 Å². The molecule has 1 aliphatic heterocycles. The molecule has 0 bridgehead atoms. The second kappa shape index (κ2) is 8.02. The summed E-state index contributed by atoms with van der Waals surface area (Å²) in [6.45, 7) is 5.44. The van der Waals surface area contributed by atoms with Gasteiger partial charge < -0.3 is 10.0 Å². The van der Waals surface area contributed by atoms with Crippen molar-refractivity contribution < 1.29 is 9.90 Å². The number of amides is 1. The van der Waals surface area contributed by atoms with Crippen molar-refractivity contribution in [2.75, 3.05) is 13.1 Å². The minimum absolute atomic E-state index is 0.0363. The quantitative estimate of drug-likeness (QED) is 0.851. The summed E-state index contributed by atoms with van der Waals surface area (Å²) in [4.78, 5) is 20.3. The first-order valence-electron chi connectivity index (χ1n) is 8.67. The first-order chi connectivity index (χ1) is 12.0. The number of hydrogen-bond acceptors (Lipinski definition) is 4. The van der Waals surface area contributed by atoms with Crippen LogP contribution in [0.5, 0.6) is 0 Å². The largest absolute Gasteiger partial charge is 0.393 e. The van der Waals surface area contributed by atoms with E-state index in [1.54, 1.807) is 22.7 Å². The molecule has 3 rings (SSSR count). The smallest absolute Gasteiger partial charge is 0.272 e. The maximum Gasteiger partial charge on any atom is 0.272 e. The van der Waals surface area contributed by atoms with Crippen LogP contribution in [0.3, 0.4) is 0 Å². The number of pyridine rings is 1. The molecule has 1 aromatic heterocycles. The van der Waals surface area contributed by atoms with Crippen molar-refractivity contribution in [3.63, 3.8) is 0 Å². The summed E-state index contributed by atoms with van der Waals surface area (Å²) in [6.07, 6.45) is 1.01. The number of nitrogens with zero attached hydrogens (tertiary/aromatic N) is 2. The predicted molar refractivity (Wildman–Crippen MR) is 101 cm³/mol. The van der Waals surface area contributed by atoms with Crippen LogP contribution in [0.2, 0.25) is 0 Å². The number of aliphatic hydroxyl groups is 1. The van der Waals surface area contributed by atoms with Gasteiger partial charge >= 0.3 is 0 Å². The van der Waals surface area contributed by atoms with Gasteiger partial charge in [0.25, 0.3) is 5.91 Å². The maximum absolute atomic E-state index is 12.6. The fourth-order valence-corrected chi connectivity index (χ4v) is 4.13. The second-order valence-electron chi connectivity index (χ2n) is 6.55. The lowest BCUT2D eigenvalue weighted by atomic mass is 10.1. The van der Waals surface area contributed by atoms with Gasteiger partial charge in [0.1, 0.15) is 5.69 Å². The molecule has 0 spiro atoms. The predicted octanol–water partition coefficient (Wildman–Crippen LogP) is 3.59. The van der Waals surface area contributed by atoms with Crippen molar-refractivity contribution in [3.8, 4) is 0 Å². The van der Waals surface area contributed by atoms with Crippen LogP contribution < -0.4 is 0 Å². The number of aliphatic hydroxyl groups excluding tert-OH is 1. The number of rotatable bonds is 4. The Morgan fingerprint density at radius 1 is 1.16 bits per heavy atom. The summed E-state index contributed by atoms with van der Waals surface area (Å²) in [5.41, 5.74) is 3.94. The van der Waals surface area contributed by atoms with Gasteiger partial charge in [0.05, 0.1) is 11.8 Å². The fraction of sp³-hybridized carbons (Fsp3) is 0.400. The Hall–Kier alpha value is -1.85. The molecule has 0 radical (unpaired) electrons. The Bertz CT molecular complexity index is 735. The van der Waals surface area contributed by atoms with E-state index in [9.17, 15) is 9.90 Å². The summed E-state index contributed by atoms with van der Waals surface area (Å²) in [6, 6.07) is 12.0. The van der Waals surface area contributed by atoms with Crippen molar-refractivity contribution in [3.05, 3.63) is 58.9 Å². The normalized spacial score (nSPS) is 15.4. The summed E-state index contributed by atoms with van der Waals surface area (Å²) in [5.74, 6) is 0.705. The third-order valence-electron chi connectivity index (χ3n) is 4.55. The van der Waals surface area contributed by atoms with Gasteiger partial charge in [-0.25, -0.2) is 4.98 Å². The van der Waals surface area contributed by atoms with Crippen LogP contribution in [-0.4, -0.2) is 40.1 Å². The monoisotopic (exact) mass is 356 g/mol. The zero-order chi connectivity index (χ0) is 17.8. The van der Waals surface area contributed by atoms with E-state index in [-0.39, 0.29) is 12.0 Å². The van der Waals surface area contributed by atoms with E-state index in [2.05, 4.69) is 37.0 Å². The number of aromatic nitrogens is 1. The van der Waals surface area contributed by atoms with Gasteiger partial charge in [-0.05, 0) is 49.9 Å². The number of hydrogen-bond donors (Lipinski definition) is 1. The molecule has 132 valence electrons. The number of carbonyl (C=O) groups excluding carboxylic acids is 1. The third kappa shape index (κ3) is 4.41. The van der Waals surface area contributed by atoms with E-state index in [0.717, 1.165) is 11.4 Å². The average Bonchev–Trinajstić information content (AvgIpc) is 2.62. The standard InChI is InChI=1S/C20H24N2O2S/c1-14-5-3-6-15(2)19(14)25-13-16-7-4-8-18(21-16)20(24)22-11-9-17(23)10-12-22/h3-8,17,23H,9-13H2,1-2H3. The van der Waals surface area contributed by atoms with Crippen LogP contribution in [0.25, 0.3) is 0 Å². The van der Waals surface area contributed by atoms with Gasteiger partial charge in [-0.1, -0.05) is 24.3 Å². The van der Waals surface area contributed by atoms with E-state index in [1.165, 1.54) is 16.0 Å². The molecule has 0 saturated carbocycles. The van der Waals surface area contributed by atoms with Gasteiger partial charge in [-0.15, -0.1) is 11.8 Å². The Morgan fingerprint density at radius 2 is 1.80 bits per heavy atom. The van der Waals surface area contributed by atoms with E-state index in [1.807, 2.05) is 12.1 Å². The van der Waals surface area contributed by atoms with Crippen molar-refractivity contribution in [1.29, 1.82) is 0 Å². The zero-order valence-electron chi connectivity index (χ0n) is 14.7. The van der Waals surface area contributed by atoms with Crippen molar-refractivity contribution in [1.82, 2.24) is 9.88 Å². The van der Waals surface area contributed by atoms with Gasteiger partial charge in [0, 0.05) is 23.7 Å². The summed E-state index contributed by atoms with van der Waals surface area (Å²) in [5, 5.41) is 9.59. The molecule has 1 N–H and O–H groups in total. The molecular formula is C20H24N2O2S. The van der Waals surface area contributed by atoms with Crippen LogP contribution in [0, 0.1) is 13.8 Å². The summed E-state index contributed by atoms with van der Waals surface area (Å²) in [7, 11) is 0. The van der Waals surface area contributed by atoms with Gasteiger partial charge in [0.2, 0.25) is 0 Å². The molecule has 1 aromatic carbocycles. The molecule has 0 unspecified atom stereocenters. The van der Waals surface area contributed by atoms with Crippen LogP contribution in [0.1, 0.15) is 40.2 Å². The van der Waals surface area contributed by atoms with E-state index in [4.69, 9.17) is 0 Å². The lowest BCUT2D eigenvalue weighted by Crippen LogP contribution is -2.40. The molecule has 1 saturated heterocycles. The summed E-state index contributed by atoms with van der Waals surface area (Å²) >= 11 is 1.76. The minimum atomic E-state index is -0.280. The number of benzene rings is 1. The lowest BCUT2D eigenvalue weighted by Gasteiger charge is -2.29. The van der Waals surface area contributed by atoms with E-state index >= 15 is 0 Å². The molecule has 2 heterocycles. The first-order valence-corrected chi connectivity index (χ1v) is 9.65. The topological polar surface area (TPSA) is 53.4 Å². The SMILES string of the molecule is Cc1cccc(C)c1SCc1cccc(C(=O)N2CCC(O)CC2)n1. The van der Waals surface area contributed by atoms with Crippen LogP contribution in [0.4, 0.5) is 0 Å². The van der Waals surface area contributed by atoms with Gasteiger partial charge in [0.15, 0.2) is 0 Å². The molecule has 25 heavy (non-hydrogen) atoms. The molecule has 2 aromatic rings. The molecule has 1 fully saturated rings. The highest BCUT2D eigenvalue weighted by atomic mass is 32.2. The molecular weight excluding hydrogens is 332 g/mol. The van der Waals surface area contributed by atoms with Crippen molar-refractivity contribution in [2.24, 2.45) is 0 Å². The Kier molecular flexibility index (Phi) is 5.76. The Labute approximate surface area is 153 Å². The summed E-state index contributed by atoms with van der Waals surface area (Å²) < 4.78 is 0. The van der Waals surface area contributed by atoms with E-state index in [0.29, 0.717) is 31.6 Å². The third-order valence-corrected chi connectivity index (χ3v) is 5.92. The van der Waals surface area contributed by atoms with Gasteiger partial charge in [-0.3, -0.25) is 4.79 Å². The number of piperidine rings is 1. The maximum atomic E-state index is 12.6. The highest BCUT2D eigenvalue weighted by Crippen LogP contribution is 2.28. The molecule has 1 aliphatic rings. The van der Waals surface area contributed by atoms with Crippen LogP contribution in [0.15, 0.2) is 41.3 Å². The number of aryl methyl sites for hydroxylation is 2. The van der Waals surface area contributed by atoms with Crippen LogP contribution in [-0.2, 0) is 5.75 Å². The number of likely N-dealkylation sites (tertiary alicyclic amines) is 1. The molecule has 0 aliphatic carbocycles. The molecule has 1 amide bonds. The first kappa shape index (κ1) is 18.0. The zero-order valence-corrected chi connectivity index (χ0v) is 15.6. The minimum Gasteiger partial charge on any atom is -0.393 e. The van der Waals surface area contributed by atoms with E-state index < -0.39 is 0 Å². The number of thioether (sulfide) groups is 1. The van der Waals surface area contributed by atoms with Gasteiger partial charge in [-0.2, -0.15) is 0 Å². The Morgan fingerprint density at radius 3 is 2.48 bits per heavy atom. The van der Waals surface area contributed by atoms with Crippen molar-refractivity contribution >= 4 is 17.7 Å². The fourth-order valence-electron chi connectivity index (χ4n) is 3.08. The number of carbonyl (C=O) groups is 1. The molecule has 0 atom stereocenters. The highest BCUT2D eigenvalue weighted by molar-refractivity contribution is 7.98. The average molecular weight is 356 g/mol. The lowest BCUT2D eigenvalue weighted by molar-refractivity contribution is 0.0541. The molecule has 4 nitrogen and oxygen atoms in total. The Balaban J connectivity index is 1.68. The second-order valence-corrected chi connectivity index (χ2v) is 7.53.